The van der Waals surface area contributed by atoms with Gasteiger partial charge in [-0.2, -0.15) is 0 Å². The Morgan fingerprint density at radius 2 is 1.16 bits per heavy atom. The third kappa shape index (κ3) is 36.7. The van der Waals surface area contributed by atoms with Gasteiger partial charge in [0.25, 0.3) is 0 Å². The zero-order valence-corrected chi connectivity index (χ0v) is 41.0. The van der Waals surface area contributed by atoms with Gasteiger partial charge in [-0.05, 0) is 32.1 Å². The molecule has 0 aliphatic heterocycles. The van der Waals surface area contributed by atoms with Crippen molar-refractivity contribution >= 4 is 41.2 Å². The van der Waals surface area contributed by atoms with E-state index in [2.05, 4.69) is 32.8 Å². The van der Waals surface area contributed by atoms with Gasteiger partial charge in [-0.15, -0.1) is 0 Å². The highest BCUT2D eigenvalue weighted by atomic mass is 16.5. The lowest BCUT2D eigenvalue weighted by atomic mass is 9.92. The standard InChI is InChI=1S/C49H86N6O13/c1-2-3-4-5-6-7-8-9-10-11-12-13-14-15-16-22-45(58)55-43(49(63)64)24-23-41(56)21-19-27-65-29-31-67-37-47(60)53-26-28-66-30-32-68-36-46(59)52-25-18-17-20-39(48(61)62)33-44(57)42(50)34-40-35-51-38-54-40/h35,38-39,42-43H,2-34,36-37,50H2,1H3,(H,51,54)(H,52,59)(H,53,60)(H,55,58)(H,61,62)(H,63,64)/t39-,42+,43?/m1/s1. The van der Waals surface area contributed by atoms with Crippen molar-refractivity contribution in [2.45, 2.75) is 180 Å². The molecular formula is C49H86N6O13. The van der Waals surface area contributed by atoms with E-state index in [0.29, 0.717) is 38.1 Å². The minimum atomic E-state index is -1.15. The Hall–Kier alpha value is -4.30. The van der Waals surface area contributed by atoms with Crippen molar-refractivity contribution in [3.8, 4) is 0 Å². The molecule has 1 aromatic rings. The molecular weight excluding hydrogens is 881 g/mol. The third-order valence-corrected chi connectivity index (χ3v) is 11.4. The van der Waals surface area contributed by atoms with Crippen LogP contribution in [0.5, 0.6) is 0 Å². The Morgan fingerprint density at radius 1 is 0.603 bits per heavy atom. The molecule has 0 spiro atoms. The smallest absolute Gasteiger partial charge is 0.326 e. The number of imidazole rings is 1. The number of carbonyl (C=O) groups excluding carboxylic acids is 5. The Bertz CT molecular complexity index is 1500. The Labute approximate surface area is 404 Å². The number of hydrogen-bond acceptors (Lipinski definition) is 13. The number of ketones is 2. The molecule has 1 heterocycles. The number of carbonyl (C=O) groups is 7. The number of ether oxygens (including phenoxy) is 4. The lowest BCUT2D eigenvalue weighted by Crippen LogP contribution is -2.41. The SMILES string of the molecule is CCCCCCCCCCCCCCCCCC(=O)NC(CCC(=O)CCCOCCOCC(=O)NCCOCCOCC(=O)NCCCC[C@H](CC(=O)[C@@H](N)Cc1cnc[nH]1)C(=O)O)C(=O)O. The first-order chi connectivity index (χ1) is 32.9. The summed E-state index contributed by atoms with van der Waals surface area (Å²) in [5.41, 5.74) is 6.64. The number of nitrogens with one attached hydrogen (secondary N) is 4. The van der Waals surface area contributed by atoms with Gasteiger partial charge in [0.2, 0.25) is 17.7 Å². The van der Waals surface area contributed by atoms with Gasteiger partial charge in [0.1, 0.15) is 25.0 Å². The van der Waals surface area contributed by atoms with E-state index in [0.717, 1.165) is 25.7 Å². The maximum atomic E-state index is 12.4. The molecule has 3 atom stereocenters. The number of carboxylic acids is 2. The topological polar surface area (TPSA) is 288 Å². The summed E-state index contributed by atoms with van der Waals surface area (Å²) in [7, 11) is 0. The number of aromatic amines is 1. The number of unbranched alkanes of at least 4 members (excludes halogenated alkanes) is 15. The van der Waals surface area contributed by atoms with Crippen molar-refractivity contribution in [3.63, 3.8) is 0 Å². The summed E-state index contributed by atoms with van der Waals surface area (Å²) >= 11 is 0. The fourth-order valence-corrected chi connectivity index (χ4v) is 7.31. The molecule has 19 nitrogen and oxygen atoms in total. The predicted molar refractivity (Wildman–Crippen MR) is 257 cm³/mol. The number of hydrogen-bond donors (Lipinski definition) is 7. The normalized spacial score (nSPS) is 12.6. The first-order valence-electron chi connectivity index (χ1n) is 25.3. The van der Waals surface area contributed by atoms with E-state index >= 15 is 0 Å². The molecule has 0 fully saturated rings. The molecule has 0 radical (unpaired) electrons. The predicted octanol–water partition coefficient (Wildman–Crippen LogP) is 5.37. The largest absolute Gasteiger partial charge is 0.481 e. The average Bonchev–Trinajstić information content (AvgIpc) is 3.83. The molecule has 0 saturated carbocycles. The van der Waals surface area contributed by atoms with Gasteiger partial charge in [-0.25, -0.2) is 9.78 Å². The van der Waals surface area contributed by atoms with Crippen molar-refractivity contribution < 1.29 is 62.7 Å². The fraction of sp³-hybridized carbons (Fsp3) is 0.796. The molecule has 0 aliphatic carbocycles. The molecule has 1 unspecified atom stereocenters. The van der Waals surface area contributed by atoms with Crippen LogP contribution in [0.3, 0.4) is 0 Å². The summed E-state index contributed by atoms with van der Waals surface area (Å²) in [5.74, 6) is -4.44. The van der Waals surface area contributed by atoms with Crippen molar-refractivity contribution in [1.29, 1.82) is 0 Å². The van der Waals surface area contributed by atoms with Crippen LogP contribution in [0.1, 0.15) is 167 Å². The zero-order chi connectivity index (χ0) is 49.9. The summed E-state index contributed by atoms with van der Waals surface area (Å²) < 4.78 is 21.5. The molecule has 1 aromatic heterocycles. The zero-order valence-electron chi connectivity index (χ0n) is 41.0. The number of Topliss-reactive ketones (excluding diaryl/α,β-unsaturated/α-hetero) is 2. The summed E-state index contributed by atoms with van der Waals surface area (Å²) in [6, 6.07) is -1.91. The molecule has 390 valence electrons. The second-order valence-electron chi connectivity index (χ2n) is 17.5. The van der Waals surface area contributed by atoms with Gasteiger partial charge in [0.15, 0.2) is 5.78 Å². The number of H-pyrrole nitrogens is 1. The van der Waals surface area contributed by atoms with Crippen LogP contribution in [0.2, 0.25) is 0 Å². The number of nitrogens with two attached hydrogens (primary N) is 1. The maximum absolute atomic E-state index is 12.4. The van der Waals surface area contributed by atoms with E-state index in [1.54, 1.807) is 6.20 Å². The maximum Gasteiger partial charge on any atom is 0.326 e. The molecule has 0 saturated heterocycles. The Morgan fingerprint density at radius 3 is 1.72 bits per heavy atom. The number of carboxylic acid groups (broad SMARTS) is 2. The number of aromatic nitrogens is 2. The minimum Gasteiger partial charge on any atom is -0.481 e. The molecule has 19 heteroatoms. The second kappa shape index (κ2) is 42.8. The van der Waals surface area contributed by atoms with Crippen LogP contribution in [-0.2, 0) is 58.9 Å². The molecule has 0 aliphatic rings. The van der Waals surface area contributed by atoms with Gasteiger partial charge in [0.05, 0.1) is 51.3 Å². The lowest BCUT2D eigenvalue weighted by molar-refractivity contribution is -0.144. The molecule has 8 N–H and O–H groups in total. The average molecular weight is 967 g/mol. The van der Waals surface area contributed by atoms with Crippen molar-refractivity contribution in [3.05, 3.63) is 18.2 Å². The van der Waals surface area contributed by atoms with Crippen molar-refractivity contribution in [2.24, 2.45) is 11.7 Å². The highest BCUT2D eigenvalue weighted by Crippen LogP contribution is 2.16. The van der Waals surface area contributed by atoms with Crippen LogP contribution < -0.4 is 21.7 Å². The summed E-state index contributed by atoms with van der Waals surface area (Å²) in [5, 5.41) is 27.0. The van der Waals surface area contributed by atoms with Gasteiger partial charge < -0.3 is 55.8 Å². The molecule has 68 heavy (non-hydrogen) atoms. The van der Waals surface area contributed by atoms with E-state index in [9.17, 15) is 43.8 Å². The number of rotatable bonds is 49. The first kappa shape index (κ1) is 61.7. The van der Waals surface area contributed by atoms with E-state index in [4.69, 9.17) is 24.7 Å². The Balaban J connectivity index is 1.93. The first-order valence-corrected chi connectivity index (χ1v) is 25.3. The van der Waals surface area contributed by atoms with E-state index in [-0.39, 0.29) is 127 Å². The van der Waals surface area contributed by atoms with Gasteiger partial charge in [0, 0.05) is 63.7 Å². The number of nitrogens with zero attached hydrogens (tertiary/aromatic N) is 1. The van der Waals surface area contributed by atoms with Gasteiger partial charge in [-0.1, -0.05) is 103 Å². The lowest BCUT2D eigenvalue weighted by Gasteiger charge is -2.15. The van der Waals surface area contributed by atoms with Crippen molar-refractivity contribution in [2.75, 3.05) is 65.9 Å². The highest BCUT2D eigenvalue weighted by molar-refractivity contribution is 5.88. The van der Waals surface area contributed by atoms with E-state index < -0.39 is 29.9 Å². The van der Waals surface area contributed by atoms with Gasteiger partial charge in [-0.3, -0.25) is 28.8 Å². The van der Waals surface area contributed by atoms with E-state index in [1.807, 2.05) is 0 Å². The quantitative estimate of drug-likeness (QED) is 0.0404. The van der Waals surface area contributed by atoms with E-state index in [1.165, 1.54) is 77.0 Å². The molecule has 0 aromatic carbocycles. The van der Waals surface area contributed by atoms with Crippen LogP contribution in [0, 0.1) is 5.92 Å². The van der Waals surface area contributed by atoms with Gasteiger partial charge >= 0.3 is 11.9 Å². The van der Waals surface area contributed by atoms with Crippen LogP contribution in [0.4, 0.5) is 0 Å². The number of aliphatic carboxylic acids is 2. The van der Waals surface area contributed by atoms with Crippen LogP contribution in [0.15, 0.2) is 12.5 Å². The molecule has 0 bridgehead atoms. The monoisotopic (exact) mass is 967 g/mol. The molecule has 3 amide bonds. The highest BCUT2D eigenvalue weighted by Gasteiger charge is 2.25. The minimum absolute atomic E-state index is 0.0418. The van der Waals surface area contributed by atoms with Crippen molar-refractivity contribution in [1.82, 2.24) is 25.9 Å². The Kier molecular flexibility index (Phi) is 38.8. The summed E-state index contributed by atoms with van der Waals surface area (Å²) in [6.45, 7) is 3.82. The van der Waals surface area contributed by atoms with Crippen LogP contribution in [0.25, 0.3) is 0 Å². The van der Waals surface area contributed by atoms with Crippen LogP contribution >= 0.6 is 0 Å². The second-order valence-corrected chi connectivity index (χ2v) is 17.5. The number of amides is 3. The summed E-state index contributed by atoms with van der Waals surface area (Å²) in [4.78, 5) is 91.2. The summed E-state index contributed by atoms with van der Waals surface area (Å²) in [6.07, 6.45) is 24.0. The fourth-order valence-electron chi connectivity index (χ4n) is 7.31. The third-order valence-electron chi connectivity index (χ3n) is 11.4. The molecule has 1 rings (SSSR count). The van der Waals surface area contributed by atoms with Crippen LogP contribution in [-0.4, -0.2) is 139 Å².